The minimum Gasteiger partial charge on any atom is -0.344 e. The normalized spacial score (nSPS) is 12.1. The van der Waals surface area contributed by atoms with Crippen molar-refractivity contribution in [3.05, 3.63) is 48.3 Å². The minimum absolute atomic E-state index is 0.0878. The van der Waals surface area contributed by atoms with Gasteiger partial charge in [-0.1, -0.05) is 0 Å². The van der Waals surface area contributed by atoms with Gasteiger partial charge >= 0.3 is 0 Å². The molecular formula is C13H17N5O. The number of nitrogens with one attached hydrogen (secondary N) is 1. The molecule has 19 heavy (non-hydrogen) atoms. The van der Waals surface area contributed by atoms with Crippen molar-refractivity contribution < 1.29 is 4.79 Å². The Kier molecular flexibility index (Phi) is 4.25. The number of hydrogen-bond acceptors (Lipinski definition) is 4. The maximum absolute atomic E-state index is 12.0. The smallest absolute Gasteiger partial charge is 0.271 e. The summed E-state index contributed by atoms with van der Waals surface area (Å²) >= 11 is 0. The Labute approximate surface area is 111 Å². The average Bonchev–Trinajstić information content (AvgIpc) is 2.89. The fourth-order valence-electron chi connectivity index (χ4n) is 1.75. The number of rotatable bonds is 5. The minimum atomic E-state index is -0.194. The molecule has 0 bridgehead atoms. The molecule has 2 aromatic heterocycles. The van der Waals surface area contributed by atoms with Gasteiger partial charge in [-0.3, -0.25) is 9.78 Å². The SMILES string of the molecule is C[C@H](NC(=O)c1cn(CCN)cn1)c1ccncc1. The number of nitrogens with two attached hydrogens (primary N) is 1. The summed E-state index contributed by atoms with van der Waals surface area (Å²) in [6, 6.07) is 3.66. The van der Waals surface area contributed by atoms with E-state index in [9.17, 15) is 4.79 Å². The van der Waals surface area contributed by atoms with Crippen molar-refractivity contribution in [3.8, 4) is 0 Å². The van der Waals surface area contributed by atoms with Crippen molar-refractivity contribution in [1.29, 1.82) is 0 Å². The molecule has 2 rings (SSSR count). The van der Waals surface area contributed by atoms with Gasteiger partial charge in [0.15, 0.2) is 0 Å². The van der Waals surface area contributed by atoms with Crippen LogP contribution in [-0.4, -0.2) is 27.0 Å². The number of carbonyl (C=O) groups excluding carboxylic acids is 1. The fraction of sp³-hybridized carbons (Fsp3) is 0.308. The van der Waals surface area contributed by atoms with Crippen LogP contribution in [0.1, 0.15) is 29.0 Å². The monoisotopic (exact) mass is 259 g/mol. The van der Waals surface area contributed by atoms with E-state index in [-0.39, 0.29) is 11.9 Å². The van der Waals surface area contributed by atoms with Crippen LogP contribution in [0.25, 0.3) is 0 Å². The molecule has 1 atom stereocenters. The number of nitrogens with zero attached hydrogens (tertiary/aromatic N) is 3. The average molecular weight is 259 g/mol. The molecule has 1 amide bonds. The van der Waals surface area contributed by atoms with E-state index in [1.54, 1.807) is 29.5 Å². The fourth-order valence-corrected chi connectivity index (χ4v) is 1.75. The highest BCUT2D eigenvalue weighted by molar-refractivity contribution is 5.92. The molecule has 0 fully saturated rings. The van der Waals surface area contributed by atoms with Crippen LogP contribution >= 0.6 is 0 Å². The quantitative estimate of drug-likeness (QED) is 0.828. The highest BCUT2D eigenvalue weighted by Crippen LogP contribution is 2.11. The van der Waals surface area contributed by atoms with Crippen LogP contribution in [0.15, 0.2) is 37.1 Å². The van der Waals surface area contributed by atoms with Crippen molar-refractivity contribution >= 4 is 5.91 Å². The highest BCUT2D eigenvalue weighted by Gasteiger charge is 2.13. The van der Waals surface area contributed by atoms with E-state index in [1.165, 1.54) is 0 Å². The molecule has 100 valence electrons. The third-order valence-electron chi connectivity index (χ3n) is 2.81. The Hall–Kier alpha value is -2.21. The predicted molar refractivity (Wildman–Crippen MR) is 71.4 cm³/mol. The van der Waals surface area contributed by atoms with Crippen LogP contribution in [0.3, 0.4) is 0 Å². The van der Waals surface area contributed by atoms with Crippen LogP contribution in [-0.2, 0) is 6.54 Å². The molecule has 0 saturated carbocycles. The molecule has 0 unspecified atom stereocenters. The zero-order chi connectivity index (χ0) is 13.7. The van der Waals surface area contributed by atoms with Gasteiger partial charge in [-0.15, -0.1) is 0 Å². The first-order valence-electron chi connectivity index (χ1n) is 6.13. The van der Waals surface area contributed by atoms with Gasteiger partial charge in [-0.05, 0) is 24.6 Å². The van der Waals surface area contributed by atoms with Crippen LogP contribution in [0.2, 0.25) is 0 Å². The van der Waals surface area contributed by atoms with Crippen LogP contribution in [0, 0.1) is 0 Å². The molecule has 6 heteroatoms. The molecule has 2 heterocycles. The number of carbonyl (C=O) groups is 1. The molecule has 0 aliphatic rings. The molecule has 0 aliphatic heterocycles. The second-order valence-corrected chi connectivity index (χ2v) is 4.26. The number of aromatic nitrogens is 3. The van der Waals surface area contributed by atoms with E-state index >= 15 is 0 Å². The summed E-state index contributed by atoms with van der Waals surface area (Å²) in [7, 11) is 0. The number of pyridine rings is 1. The Balaban J connectivity index is 2.00. The van der Waals surface area contributed by atoms with E-state index in [2.05, 4.69) is 15.3 Å². The Morgan fingerprint density at radius 1 is 1.47 bits per heavy atom. The number of hydrogen-bond donors (Lipinski definition) is 2. The summed E-state index contributed by atoms with van der Waals surface area (Å²) in [6.45, 7) is 3.09. The second-order valence-electron chi connectivity index (χ2n) is 4.26. The van der Waals surface area contributed by atoms with Gasteiger partial charge in [0.25, 0.3) is 5.91 Å². The second kappa shape index (κ2) is 6.10. The standard InChI is InChI=1S/C13H17N5O/c1-10(11-2-5-15-6-3-11)17-13(19)12-8-18(7-4-14)9-16-12/h2-3,5-6,8-10H,4,7,14H2,1H3,(H,17,19)/t10-/m0/s1. The summed E-state index contributed by atoms with van der Waals surface area (Å²) in [5.74, 6) is -0.194. The zero-order valence-electron chi connectivity index (χ0n) is 10.8. The molecule has 0 radical (unpaired) electrons. The Morgan fingerprint density at radius 3 is 2.89 bits per heavy atom. The lowest BCUT2D eigenvalue weighted by Gasteiger charge is -2.12. The molecule has 0 aliphatic carbocycles. The third kappa shape index (κ3) is 3.38. The third-order valence-corrected chi connectivity index (χ3v) is 2.81. The predicted octanol–water partition coefficient (Wildman–Crippen LogP) is 0.728. The molecular weight excluding hydrogens is 242 g/mol. The van der Waals surface area contributed by atoms with E-state index in [4.69, 9.17) is 5.73 Å². The van der Waals surface area contributed by atoms with Crippen molar-refractivity contribution in [2.75, 3.05) is 6.54 Å². The van der Waals surface area contributed by atoms with Gasteiger partial charge in [0.05, 0.1) is 12.4 Å². The van der Waals surface area contributed by atoms with Crippen molar-refractivity contribution in [2.24, 2.45) is 5.73 Å². The lowest BCUT2D eigenvalue weighted by Crippen LogP contribution is -2.26. The summed E-state index contributed by atoms with van der Waals surface area (Å²) in [5, 5.41) is 2.89. The van der Waals surface area contributed by atoms with Crippen LogP contribution in [0.5, 0.6) is 0 Å². The largest absolute Gasteiger partial charge is 0.344 e. The van der Waals surface area contributed by atoms with Crippen LogP contribution in [0.4, 0.5) is 0 Å². The molecule has 0 spiro atoms. The lowest BCUT2D eigenvalue weighted by atomic mass is 10.1. The summed E-state index contributed by atoms with van der Waals surface area (Å²) in [6.07, 6.45) is 6.71. The van der Waals surface area contributed by atoms with E-state index in [1.807, 2.05) is 19.1 Å². The van der Waals surface area contributed by atoms with Gasteiger partial charge in [-0.2, -0.15) is 0 Å². The van der Waals surface area contributed by atoms with E-state index < -0.39 is 0 Å². The lowest BCUT2D eigenvalue weighted by molar-refractivity contribution is 0.0935. The Morgan fingerprint density at radius 2 is 2.21 bits per heavy atom. The van der Waals surface area contributed by atoms with Crippen molar-refractivity contribution in [2.45, 2.75) is 19.5 Å². The van der Waals surface area contributed by atoms with Gasteiger partial charge in [0.2, 0.25) is 0 Å². The summed E-state index contributed by atoms with van der Waals surface area (Å²) < 4.78 is 1.80. The van der Waals surface area contributed by atoms with Gasteiger partial charge in [-0.25, -0.2) is 4.98 Å². The van der Waals surface area contributed by atoms with E-state index in [0.717, 1.165) is 5.56 Å². The van der Waals surface area contributed by atoms with Gasteiger partial charge in [0, 0.05) is 31.7 Å². The summed E-state index contributed by atoms with van der Waals surface area (Å²) in [5.41, 5.74) is 6.85. The van der Waals surface area contributed by atoms with Gasteiger partial charge < -0.3 is 15.6 Å². The molecule has 0 saturated heterocycles. The first-order chi connectivity index (χ1) is 9.20. The van der Waals surface area contributed by atoms with E-state index in [0.29, 0.717) is 18.8 Å². The number of imidazole rings is 1. The van der Waals surface area contributed by atoms with Crippen molar-refractivity contribution in [3.63, 3.8) is 0 Å². The number of amides is 1. The first kappa shape index (κ1) is 13.2. The first-order valence-corrected chi connectivity index (χ1v) is 6.13. The molecule has 0 aromatic carbocycles. The molecule has 6 nitrogen and oxygen atoms in total. The van der Waals surface area contributed by atoms with Crippen molar-refractivity contribution in [1.82, 2.24) is 19.9 Å². The molecule has 3 N–H and O–H groups in total. The Bertz CT molecular complexity index is 537. The van der Waals surface area contributed by atoms with Crippen LogP contribution < -0.4 is 11.1 Å². The highest BCUT2D eigenvalue weighted by atomic mass is 16.1. The molecule has 2 aromatic rings. The maximum atomic E-state index is 12.0. The zero-order valence-corrected chi connectivity index (χ0v) is 10.8. The topological polar surface area (TPSA) is 85.8 Å². The maximum Gasteiger partial charge on any atom is 0.271 e. The summed E-state index contributed by atoms with van der Waals surface area (Å²) in [4.78, 5) is 20.0. The van der Waals surface area contributed by atoms with Gasteiger partial charge in [0.1, 0.15) is 5.69 Å².